The molecule has 0 aliphatic rings. The number of hydrogen-bond acceptors (Lipinski definition) is 2. The van der Waals surface area contributed by atoms with Gasteiger partial charge in [-0.2, -0.15) is 0 Å². The van der Waals surface area contributed by atoms with Gasteiger partial charge in [0.2, 0.25) is 5.69 Å². The van der Waals surface area contributed by atoms with E-state index in [9.17, 15) is 9.79 Å². The zero-order chi connectivity index (χ0) is 25.0. The number of benzene rings is 2. The average molecular weight is 535 g/mol. The summed E-state index contributed by atoms with van der Waals surface area (Å²) in [4.78, 5) is 18.4. The van der Waals surface area contributed by atoms with Crippen molar-refractivity contribution in [2.45, 2.75) is 109 Å². The van der Waals surface area contributed by atoms with Crippen molar-refractivity contribution in [3.05, 3.63) is 71.8 Å². The number of rotatable bonds is 21. The maximum Gasteiger partial charge on any atom is 0.242 e. The minimum Gasteiger partial charge on any atom is -0.338 e. The predicted octanol–water partition coefficient (Wildman–Crippen LogP) is 10.0. The van der Waals surface area contributed by atoms with Gasteiger partial charge < -0.3 is 9.79 Å². The van der Waals surface area contributed by atoms with E-state index >= 15 is 0 Å². The fourth-order valence-electron chi connectivity index (χ4n) is 4.83. The molecule has 2 aromatic rings. The molecular weight excluding hydrogens is 487 g/mol. The Labute approximate surface area is 224 Å². The van der Waals surface area contributed by atoms with Crippen molar-refractivity contribution in [2.75, 3.05) is 5.75 Å². The second-order valence-corrected chi connectivity index (χ2v) is 16.0. The van der Waals surface area contributed by atoms with E-state index in [4.69, 9.17) is 0 Å². The van der Waals surface area contributed by atoms with Gasteiger partial charge in [-0.1, -0.05) is 162 Å². The third kappa shape index (κ3) is 15.9. The first-order chi connectivity index (χ1) is 17.1. The Bertz CT molecular complexity index is 755. The number of hydrogen-bond donors (Lipinski definition) is 2. The van der Waals surface area contributed by atoms with Crippen LogP contribution >= 0.6 is 17.1 Å². The highest BCUT2D eigenvalue weighted by Gasteiger charge is 2.13. The van der Waals surface area contributed by atoms with Gasteiger partial charge in [-0.15, -0.1) is 0 Å². The van der Waals surface area contributed by atoms with Gasteiger partial charge in [0.05, 0.1) is 0 Å². The topological polar surface area (TPSA) is 40.5 Å². The van der Waals surface area contributed by atoms with Gasteiger partial charge in [-0.05, 0) is 35.8 Å². The molecule has 2 aromatic carbocycles. The Balaban J connectivity index is 1.39. The lowest BCUT2D eigenvalue weighted by atomic mass is 9.87. The molecule has 2 nitrogen and oxygen atoms in total. The van der Waals surface area contributed by atoms with Gasteiger partial charge in [0, 0.05) is 11.7 Å². The van der Waals surface area contributed by atoms with E-state index < -0.39 is 5.69 Å². The largest absolute Gasteiger partial charge is 0.338 e. The summed E-state index contributed by atoms with van der Waals surface area (Å²) < 4.78 is 0. The summed E-state index contributed by atoms with van der Waals surface area (Å²) >= 11 is 5.78. The first kappa shape index (κ1) is 30.6. The van der Waals surface area contributed by atoms with Crippen LogP contribution in [0.3, 0.4) is 0 Å². The van der Waals surface area contributed by atoms with Crippen LogP contribution in [0.4, 0.5) is 0 Å². The second-order valence-electron chi connectivity index (χ2n) is 9.79. The van der Waals surface area contributed by atoms with E-state index in [-0.39, 0.29) is 0 Å². The summed E-state index contributed by atoms with van der Waals surface area (Å²) in [5.41, 5.74) is -0.136. The van der Waals surface area contributed by atoms with Crippen molar-refractivity contribution in [2.24, 2.45) is 0 Å². The van der Waals surface area contributed by atoms with Crippen LogP contribution < -0.4 is 0 Å². The van der Waals surface area contributed by atoms with Crippen molar-refractivity contribution in [3.63, 3.8) is 0 Å². The quantitative estimate of drug-likeness (QED) is 0.123. The second kappa shape index (κ2) is 19.5. The van der Waals surface area contributed by atoms with Crippen LogP contribution in [0, 0.1) is 0 Å². The molecule has 0 spiro atoms. The molecule has 0 atom stereocenters. The molecule has 2 rings (SSSR count). The Kier molecular flexibility index (Phi) is 17.0. The lowest BCUT2D eigenvalue weighted by Gasteiger charge is -2.18. The summed E-state index contributed by atoms with van der Waals surface area (Å²) in [5.74, 6) is 1.31. The molecule has 5 heteroatoms. The molecule has 0 amide bonds. The van der Waals surface area contributed by atoms with Crippen molar-refractivity contribution in [3.8, 4) is 0 Å². The summed E-state index contributed by atoms with van der Waals surface area (Å²) in [7, 11) is 0. The Morgan fingerprint density at radius 2 is 0.886 bits per heavy atom. The van der Waals surface area contributed by atoms with Crippen molar-refractivity contribution in [1.82, 2.24) is 0 Å². The molecule has 35 heavy (non-hydrogen) atoms. The minimum atomic E-state index is -3.03. The zero-order valence-electron chi connectivity index (χ0n) is 21.5. The molecule has 0 unspecified atom stereocenters. The van der Waals surface area contributed by atoms with Crippen LogP contribution in [0.25, 0.3) is 0 Å². The Hall–Kier alpha value is -0.640. The molecule has 0 heterocycles. The molecule has 0 bridgehead atoms. The third-order valence-electron chi connectivity index (χ3n) is 6.80. The van der Waals surface area contributed by atoms with Gasteiger partial charge in [-0.3, -0.25) is 0 Å². The summed E-state index contributed by atoms with van der Waals surface area (Å²) in [6, 6.07) is 22.0. The summed E-state index contributed by atoms with van der Waals surface area (Å²) in [6.07, 6.45) is 21.2. The molecule has 0 saturated heterocycles. The molecule has 0 radical (unpaired) electrons. The fraction of sp³-hybridized carbons (Fsp3) is 0.600. The molecular formula is C30H47O2PS2. The normalized spacial score (nSPS) is 11.9. The highest BCUT2D eigenvalue weighted by atomic mass is 32.9. The van der Waals surface area contributed by atoms with E-state index in [0.29, 0.717) is 5.92 Å². The lowest BCUT2D eigenvalue weighted by molar-refractivity contribution is 0.502. The van der Waals surface area contributed by atoms with Crippen LogP contribution in [0.5, 0.6) is 0 Å². The first-order valence-corrected chi connectivity index (χ1v) is 18.2. The molecule has 0 aromatic heterocycles. The minimum absolute atomic E-state index is 0.525. The van der Waals surface area contributed by atoms with Crippen molar-refractivity contribution < 1.29 is 9.79 Å². The van der Waals surface area contributed by atoms with E-state index in [1.807, 2.05) is 0 Å². The number of unbranched alkanes of at least 4 members (excludes halogenated alkanes) is 14. The molecule has 0 fully saturated rings. The Morgan fingerprint density at radius 1 is 0.543 bits per heavy atom. The third-order valence-corrected chi connectivity index (χ3v) is 10.1. The molecule has 0 saturated carbocycles. The van der Waals surface area contributed by atoms with Crippen LogP contribution in [0.2, 0.25) is 0 Å². The van der Waals surface area contributed by atoms with Crippen LogP contribution in [0.1, 0.15) is 120 Å². The summed E-state index contributed by atoms with van der Waals surface area (Å²) in [6.45, 7) is 0. The summed E-state index contributed by atoms with van der Waals surface area (Å²) in [5, 5.41) is 0. The van der Waals surface area contributed by atoms with Crippen LogP contribution in [-0.4, -0.2) is 15.5 Å². The monoisotopic (exact) mass is 534 g/mol. The van der Waals surface area contributed by atoms with Crippen molar-refractivity contribution >= 4 is 28.9 Å². The smallest absolute Gasteiger partial charge is 0.242 e. The SMILES string of the molecule is OP(O)(=S)SCCCCCCCCCCCCCCCCCC(c1ccccc1)c1ccccc1. The Morgan fingerprint density at radius 3 is 1.26 bits per heavy atom. The van der Waals surface area contributed by atoms with Gasteiger partial charge in [0.25, 0.3) is 0 Å². The van der Waals surface area contributed by atoms with Crippen molar-refractivity contribution in [1.29, 1.82) is 0 Å². The average Bonchev–Trinajstić information content (AvgIpc) is 2.86. The van der Waals surface area contributed by atoms with Gasteiger partial charge in [0.1, 0.15) is 0 Å². The molecule has 2 N–H and O–H groups in total. The zero-order valence-corrected chi connectivity index (χ0v) is 24.1. The molecule has 196 valence electrons. The van der Waals surface area contributed by atoms with E-state index in [1.54, 1.807) is 0 Å². The highest BCUT2D eigenvalue weighted by molar-refractivity contribution is 8.67. The maximum absolute atomic E-state index is 9.18. The maximum atomic E-state index is 9.18. The molecule has 0 aliphatic heterocycles. The molecule has 0 aliphatic carbocycles. The van der Waals surface area contributed by atoms with Crippen LogP contribution in [-0.2, 0) is 11.8 Å². The van der Waals surface area contributed by atoms with E-state index in [0.717, 1.165) is 23.6 Å². The van der Waals surface area contributed by atoms with E-state index in [2.05, 4.69) is 72.5 Å². The van der Waals surface area contributed by atoms with Gasteiger partial charge >= 0.3 is 0 Å². The highest BCUT2D eigenvalue weighted by Crippen LogP contribution is 2.50. The first-order valence-electron chi connectivity index (χ1n) is 13.9. The lowest BCUT2D eigenvalue weighted by Crippen LogP contribution is -2.01. The van der Waals surface area contributed by atoms with Gasteiger partial charge in [-0.25, -0.2) is 0 Å². The predicted molar refractivity (Wildman–Crippen MR) is 160 cm³/mol. The van der Waals surface area contributed by atoms with Gasteiger partial charge in [0.15, 0.2) is 0 Å². The van der Waals surface area contributed by atoms with E-state index in [1.165, 1.54) is 107 Å². The standard InChI is InChI=1S/C30H47O2PS2/c31-33(32,34)35-27-21-13-11-9-7-5-3-1-2-4-6-8-10-12-20-26-30(28-22-16-14-17-23-28)29-24-18-15-19-25-29/h14-19,22-25,30H,1-13,20-21,26-27H2,(H2,31,32,34). The fourth-order valence-corrected chi connectivity index (χ4v) is 7.17. The van der Waals surface area contributed by atoms with Crippen LogP contribution in [0.15, 0.2) is 60.7 Å².